The molecule has 0 radical (unpaired) electrons. The highest BCUT2D eigenvalue weighted by Crippen LogP contribution is 2.29. The first-order chi connectivity index (χ1) is 13.7. The number of nitrogens with one attached hydrogen (secondary N) is 1. The number of nitrogens with zero attached hydrogens (tertiary/aromatic N) is 1. The molecule has 0 unspecified atom stereocenters. The summed E-state index contributed by atoms with van der Waals surface area (Å²) in [4.78, 5) is 26.5. The van der Waals surface area contributed by atoms with Crippen LogP contribution in [0, 0.1) is 6.92 Å². The first-order valence-corrected chi connectivity index (χ1v) is 9.83. The molecule has 0 aliphatic carbocycles. The third kappa shape index (κ3) is 4.27. The Hall–Kier alpha value is -2.86. The molecule has 2 N–H and O–H groups in total. The van der Waals surface area contributed by atoms with Crippen molar-refractivity contribution in [3.8, 4) is 5.75 Å². The first-order valence-electron chi connectivity index (χ1n) is 9.83. The lowest BCUT2D eigenvalue weighted by molar-refractivity contribution is -0.132. The molecule has 29 heavy (non-hydrogen) atoms. The highest BCUT2D eigenvalue weighted by Gasteiger charge is 2.49. The van der Waals surface area contributed by atoms with E-state index in [1.54, 1.807) is 6.92 Å². The number of benzene rings is 2. The summed E-state index contributed by atoms with van der Waals surface area (Å²) in [5.41, 5.74) is 1.68. The SMILES string of the molecule is Cc1ccc([C@]2(C)NC(=O)N(C[C@H](O)COc3ccccc3C(C)C)C2=O)cc1. The molecule has 2 aromatic rings. The van der Waals surface area contributed by atoms with Gasteiger partial charge in [0, 0.05) is 0 Å². The average Bonchev–Trinajstić information content (AvgIpc) is 2.91. The maximum atomic E-state index is 13.0. The molecule has 154 valence electrons. The first kappa shape index (κ1) is 20.9. The van der Waals surface area contributed by atoms with Crippen LogP contribution in [0.25, 0.3) is 0 Å². The van der Waals surface area contributed by atoms with Crippen molar-refractivity contribution in [1.82, 2.24) is 10.2 Å². The number of aliphatic hydroxyl groups is 1. The van der Waals surface area contributed by atoms with Crippen molar-refractivity contribution in [2.75, 3.05) is 13.2 Å². The molecule has 2 atom stereocenters. The Balaban J connectivity index is 1.66. The van der Waals surface area contributed by atoms with E-state index in [0.29, 0.717) is 11.3 Å². The van der Waals surface area contributed by atoms with Crippen molar-refractivity contribution in [1.29, 1.82) is 0 Å². The molecule has 1 aliphatic rings. The fraction of sp³-hybridized carbons (Fsp3) is 0.391. The zero-order valence-corrected chi connectivity index (χ0v) is 17.3. The molecule has 1 fully saturated rings. The zero-order chi connectivity index (χ0) is 21.2. The van der Waals surface area contributed by atoms with E-state index in [-0.39, 0.29) is 25.0 Å². The van der Waals surface area contributed by atoms with Gasteiger partial charge in [-0.2, -0.15) is 0 Å². The van der Waals surface area contributed by atoms with Crippen LogP contribution in [0.3, 0.4) is 0 Å². The van der Waals surface area contributed by atoms with Gasteiger partial charge in [-0.05, 0) is 37.0 Å². The standard InChI is InChI=1S/C23H28N2O4/c1-15(2)19-7-5-6-8-20(19)29-14-18(26)13-25-21(27)23(4,24-22(25)28)17-11-9-16(3)10-12-17/h5-12,15,18,26H,13-14H2,1-4H3,(H,24,28)/t18-,23-/m0/s1. The smallest absolute Gasteiger partial charge is 0.325 e. The lowest BCUT2D eigenvalue weighted by atomic mass is 9.91. The number of imide groups is 1. The molecule has 1 saturated heterocycles. The summed E-state index contributed by atoms with van der Waals surface area (Å²) < 4.78 is 5.77. The number of aryl methyl sites for hydroxylation is 1. The van der Waals surface area contributed by atoms with E-state index in [4.69, 9.17) is 4.74 Å². The van der Waals surface area contributed by atoms with Gasteiger partial charge in [0.2, 0.25) is 0 Å². The monoisotopic (exact) mass is 396 g/mol. The van der Waals surface area contributed by atoms with Gasteiger partial charge in [0.15, 0.2) is 0 Å². The van der Waals surface area contributed by atoms with Crippen LogP contribution in [0.5, 0.6) is 5.75 Å². The quantitative estimate of drug-likeness (QED) is 0.704. The number of amides is 3. The number of ether oxygens (including phenoxy) is 1. The minimum absolute atomic E-state index is 0.0119. The van der Waals surface area contributed by atoms with E-state index in [2.05, 4.69) is 19.2 Å². The maximum absolute atomic E-state index is 13.0. The minimum Gasteiger partial charge on any atom is -0.491 e. The predicted octanol–water partition coefficient (Wildman–Crippen LogP) is 3.33. The largest absolute Gasteiger partial charge is 0.491 e. The van der Waals surface area contributed by atoms with E-state index in [9.17, 15) is 14.7 Å². The third-order valence-electron chi connectivity index (χ3n) is 5.27. The highest BCUT2D eigenvalue weighted by molar-refractivity contribution is 6.07. The van der Waals surface area contributed by atoms with E-state index in [0.717, 1.165) is 16.0 Å². The van der Waals surface area contributed by atoms with Crippen LogP contribution in [-0.4, -0.2) is 41.2 Å². The summed E-state index contributed by atoms with van der Waals surface area (Å²) in [7, 11) is 0. The van der Waals surface area contributed by atoms with Gasteiger partial charge in [-0.15, -0.1) is 0 Å². The number of hydrogen-bond donors (Lipinski definition) is 2. The number of hydrogen-bond acceptors (Lipinski definition) is 4. The van der Waals surface area contributed by atoms with Crippen LogP contribution >= 0.6 is 0 Å². The number of carbonyl (C=O) groups excluding carboxylic acids is 2. The number of urea groups is 1. The molecule has 1 aliphatic heterocycles. The van der Waals surface area contributed by atoms with E-state index >= 15 is 0 Å². The number of rotatable bonds is 7. The third-order valence-corrected chi connectivity index (χ3v) is 5.27. The molecule has 0 saturated carbocycles. The second-order valence-corrected chi connectivity index (χ2v) is 7.99. The summed E-state index contributed by atoms with van der Waals surface area (Å²) in [6.07, 6.45) is -0.995. The summed E-state index contributed by atoms with van der Waals surface area (Å²) in [6, 6.07) is 14.6. The molecule has 6 heteroatoms. The van der Waals surface area contributed by atoms with Gasteiger partial charge in [0.05, 0.1) is 6.54 Å². The van der Waals surface area contributed by atoms with Crippen LogP contribution in [0.15, 0.2) is 48.5 Å². The maximum Gasteiger partial charge on any atom is 0.325 e. The van der Waals surface area contributed by atoms with Crippen molar-refractivity contribution in [2.24, 2.45) is 0 Å². The summed E-state index contributed by atoms with van der Waals surface area (Å²) in [5.74, 6) is 0.598. The molecular formula is C23H28N2O4. The molecular weight excluding hydrogens is 368 g/mol. The van der Waals surface area contributed by atoms with E-state index < -0.39 is 17.7 Å². The van der Waals surface area contributed by atoms with E-state index in [1.807, 2.05) is 55.5 Å². The Kier molecular flexibility index (Phi) is 5.94. The molecule has 3 amide bonds. The van der Waals surface area contributed by atoms with Crippen molar-refractivity contribution in [2.45, 2.75) is 45.3 Å². The van der Waals surface area contributed by atoms with Gasteiger partial charge in [-0.1, -0.05) is 61.9 Å². The van der Waals surface area contributed by atoms with Gasteiger partial charge < -0.3 is 15.2 Å². The van der Waals surface area contributed by atoms with Crippen LogP contribution < -0.4 is 10.1 Å². The number of para-hydroxylation sites is 1. The molecule has 1 heterocycles. The lowest BCUT2D eigenvalue weighted by Gasteiger charge is -2.23. The molecule has 0 spiro atoms. The van der Waals surface area contributed by atoms with Crippen molar-refractivity contribution < 1.29 is 19.4 Å². The molecule has 6 nitrogen and oxygen atoms in total. The molecule has 0 bridgehead atoms. The Morgan fingerprint density at radius 3 is 2.41 bits per heavy atom. The second kappa shape index (κ2) is 8.25. The summed E-state index contributed by atoms with van der Waals surface area (Å²) in [5, 5.41) is 13.2. The topological polar surface area (TPSA) is 78.9 Å². The summed E-state index contributed by atoms with van der Waals surface area (Å²) >= 11 is 0. The predicted molar refractivity (Wildman–Crippen MR) is 111 cm³/mol. The van der Waals surface area contributed by atoms with Crippen molar-refractivity contribution in [3.05, 3.63) is 65.2 Å². The Morgan fingerprint density at radius 2 is 1.76 bits per heavy atom. The molecule has 2 aromatic carbocycles. The Bertz CT molecular complexity index is 894. The number of carbonyl (C=O) groups is 2. The second-order valence-electron chi connectivity index (χ2n) is 7.99. The molecule has 3 rings (SSSR count). The lowest BCUT2D eigenvalue weighted by Crippen LogP contribution is -2.42. The summed E-state index contributed by atoms with van der Waals surface area (Å²) in [6.45, 7) is 7.63. The van der Waals surface area contributed by atoms with Gasteiger partial charge in [-0.3, -0.25) is 9.69 Å². The fourth-order valence-corrected chi connectivity index (χ4v) is 3.48. The van der Waals surface area contributed by atoms with Crippen LogP contribution in [-0.2, 0) is 10.3 Å². The zero-order valence-electron chi connectivity index (χ0n) is 17.3. The van der Waals surface area contributed by atoms with E-state index in [1.165, 1.54) is 0 Å². The Morgan fingerprint density at radius 1 is 1.10 bits per heavy atom. The van der Waals surface area contributed by atoms with Crippen molar-refractivity contribution >= 4 is 11.9 Å². The van der Waals surface area contributed by atoms with Gasteiger partial charge in [0.1, 0.15) is 24.0 Å². The number of aliphatic hydroxyl groups excluding tert-OH is 1. The van der Waals surface area contributed by atoms with Gasteiger partial charge in [-0.25, -0.2) is 4.79 Å². The van der Waals surface area contributed by atoms with Crippen LogP contribution in [0.4, 0.5) is 4.79 Å². The Labute approximate surface area is 171 Å². The number of β-amino-alcohol motifs (C(OH)–C–C–N with tert-alkyl or cyclic N) is 1. The van der Waals surface area contributed by atoms with Gasteiger partial charge in [0.25, 0.3) is 5.91 Å². The van der Waals surface area contributed by atoms with Crippen LogP contribution in [0.1, 0.15) is 43.4 Å². The average molecular weight is 396 g/mol. The highest BCUT2D eigenvalue weighted by atomic mass is 16.5. The van der Waals surface area contributed by atoms with Crippen molar-refractivity contribution in [3.63, 3.8) is 0 Å². The van der Waals surface area contributed by atoms with Crippen LogP contribution in [0.2, 0.25) is 0 Å². The van der Waals surface area contributed by atoms with Gasteiger partial charge >= 0.3 is 6.03 Å². The normalized spacial score (nSPS) is 20.1. The minimum atomic E-state index is -1.14. The fourth-order valence-electron chi connectivity index (χ4n) is 3.48. The molecule has 0 aromatic heterocycles.